The Morgan fingerprint density at radius 3 is 2.08 bits per heavy atom. The zero-order chi connectivity index (χ0) is 28.8. The van der Waals surface area contributed by atoms with Crippen molar-refractivity contribution in [1.82, 2.24) is 10.4 Å². The third-order valence-electron chi connectivity index (χ3n) is 6.15. The van der Waals surface area contributed by atoms with Crippen molar-refractivity contribution in [3.8, 4) is 0 Å². The van der Waals surface area contributed by atoms with E-state index in [9.17, 15) is 19.2 Å². The van der Waals surface area contributed by atoms with Gasteiger partial charge < -0.3 is 0 Å². The van der Waals surface area contributed by atoms with Crippen molar-refractivity contribution in [1.29, 1.82) is 0 Å². The van der Waals surface area contributed by atoms with Gasteiger partial charge in [0.1, 0.15) is 6.54 Å². The summed E-state index contributed by atoms with van der Waals surface area (Å²) in [5, 5.41) is 2.06. The summed E-state index contributed by atoms with van der Waals surface area (Å²) in [6, 6.07) is 8.99. The topological polar surface area (TPSA) is 108 Å². The molecule has 1 unspecified atom stereocenters. The molecule has 4 rings (SSSR count). The number of nitrogens with zero attached hydrogens (tertiary/aromatic N) is 3. The summed E-state index contributed by atoms with van der Waals surface area (Å²) in [5.74, 6) is -2.34. The monoisotopic (exact) mass is 618 g/mol. The van der Waals surface area contributed by atoms with Gasteiger partial charge in [0.15, 0.2) is 11.6 Å². The maximum atomic E-state index is 13.3. The van der Waals surface area contributed by atoms with Gasteiger partial charge in [-0.05, 0) is 55.7 Å². The number of rotatable bonds is 8. The highest BCUT2D eigenvalue weighted by molar-refractivity contribution is 6.37. The summed E-state index contributed by atoms with van der Waals surface area (Å²) in [6.45, 7) is -0.486. The van der Waals surface area contributed by atoms with Gasteiger partial charge in [-0.25, -0.2) is 5.01 Å². The number of nitrogens with one attached hydrogen (secondary N) is 1. The lowest BCUT2D eigenvalue weighted by atomic mass is 9.91. The minimum atomic E-state index is -0.637. The molecule has 0 spiro atoms. The van der Waals surface area contributed by atoms with E-state index in [0.29, 0.717) is 34.0 Å². The molecule has 40 heavy (non-hydrogen) atoms. The van der Waals surface area contributed by atoms with E-state index in [-0.39, 0.29) is 45.7 Å². The van der Waals surface area contributed by atoms with E-state index in [1.807, 2.05) is 0 Å². The molecule has 0 aromatic heterocycles. The van der Waals surface area contributed by atoms with Crippen LogP contribution >= 0.6 is 46.4 Å². The molecule has 2 aliphatic heterocycles. The molecule has 2 aromatic carbocycles. The van der Waals surface area contributed by atoms with Crippen molar-refractivity contribution in [3.63, 3.8) is 0 Å². The number of benzene rings is 2. The second kappa shape index (κ2) is 13.4. The first-order valence-electron chi connectivity index (χ1n) is 12.1. The van der Waals surface area contributed by atoms with Crippen LogP contribution in [0.25, 0.3) is 0 Å². The van der Waals surface area contributed by atoms with Gasteiger partial charge in [-0.2, -0.15) is 0 Å². The van der Waals surface area contributed by atoms with Crippen molar-refractivity contribution in [2.45, 2.75) is 25.7 Å². The van der Waals surface area contributed by atoms with Crippen LogP contribution in [-0.2, 0) is 9.59 Å². The molecule has 2 aliphatic rings. The molecule has 2 aromatic rings. The predicted octanol–water partition coefficient (Wildman–Crippen LogP) is 6.34. The van der Waals surface area contributed by atoms with E-state index >= 15 is 0 Å². The molecule has 1 atom stereocenters. The normalized spacial score (nSPS) is 16.1. The highest BCUT2D eigenvalue weighted by Crippen LogP contribution is 2.26. The van der Waals surface area contributed by atoms with Crippen LogP contribution in [0.3, 0.4) is 0 Å². The summed E-state index contributed by atoms with van der Waals surface area (Å²) in [4.78, 5) is 60.6. The quantitative estimate of drug-likeness (QED) is 0.275. The van der Waals surface area contributed by atoms with Crippen molar-refractivity contribution in [3.05, 3.63) is 91.2 Å². The lowest BCUT2D eigenvalue weighted by Gasteiger charge is -2.26. The number of Topliss-reactive ketones (excluding diaryl/α,β-unsaturated/α-hetero) is 2. The molecule has 0 radical (unpaired) electrons. The Morgan fingerprint density at radius 2 is 1.48 bits per heavy atom. The first kappa shape index (κ1) is 29.7. The third-order valence-corrected chi connectivity index (χ3v) is 7.24. The highest BCUT2D eigenvalue weighted by Gasteiger charge is 2.28. The zero-order valence-electron chi connectivity index (χ0n) is 20.9. The summed E-state index contributed by atoms with van der Waals surface area (Å²) in [6.07, 6.45) is 7.18. The minimum Gasteiger partial charge on any atom is -0.294 e. The van der Waals surface area contributed by atoms with Crippen LogP contribution in [-0.4, -0.2) is 47.4 Å². The van der Waals surface area contributed by atoms with Gasteiger partial charge in [-0.3, -0.25) is 34.6 Å². The van der Waals surface area contributed by atoms with Gasteiger partial charge >= 0.3 is 0 Å². The fraction of sp³-hybridized carbons (Fsp3) is 0.214. The smallest absolute Gasteiger partial charge is 0.270 e. The molecule has 0 fully saturated rings. The second-order valence-corrected chi connectivity index (χ2v) is 10.8. The summed E-state index contributed by atoms with van der Waals surface area (Å²) < 4.78 is 0. The van der Waals surface area contributed by atoms with E-state index in [2.05, 4.69) is 15.4 Å². The molecule has 0 aliphatic carbocycles. The second-order valence-electron chi connectivity index (χ2n) is 9.07. The van der Waals surface area contributed by atoms with Gasteiger partial charge in [0.2, 0.25) is 0 Å². The van der Waals surface area contributed by atoms with Crippen molar-refractivity contribution in [2.75, 3.05) is 6.54 Å². The van der Waals surface area contributed by atoms with Crippen LogP contribution in [0.4, 0.5) is 0 Å². The maximum absolute atomic E-state index is 13.3. The fourth-order valence-corrected chi connectivity index (χ4v) is 5.15. The van der Waals surface area contributed by atoms with Gasteiger partial charge in [0.05, 0.1) is 10.0 Å². The number of ketones is 2. The fourth-order valence-electron chi connectivity index (χ4n) is 4.12. The van der Waals surface area contributed by atoms with Crippen molar-refractivity contribution >= 4 is 82.2 Å². The molecule has 0 bridgehead atoms. The number of carbonyl (C=O) groups excluding carboxylic acids is 4. The van der Waals surface area contributed by atoms with E-state index in [0.717, 1.165) is 5.01 Å². The Bertz CT molecular complexity index is 1500. The lowest BCUT2D eigenvalue weighted by molar-refractivity contribution is -0.136. The molecule has 0 saturated heterocycles. The first-order chi connectivity index (χ1) is 19.1. The maximum Gasteiger partial charge on any atom is 0.270 e. The average Bonchev–Trinajstić information content (AvgIpc) is 2.92. The Balaban J connectivity index is 1.48. The molecule has 1 N–H and O–H groups in total. The van der Waals surface area contributed by atoms with Crippen molar-refractivity contribution in [2.24, 2.45) is 15.9 Å². The van der Waals surface area contributed by atoms with E-state index < -0.39 is 24.1 Å². The highest BCUT2D eigenvalue weighted by atomic mass is 35.5. The first-order valence-corrected chi connectivity index (χ1v) is 13.7. The van der Waals surface area contributed by atoms with Crippen LogP contribution < -0.4 is 5.43 Å². The third kappa shape index (κ3) is 7.46. The van der Waals surface area contributed by atoms with Crippen LogP contribution in [0.15, 0.2) is 69.9 Å². The molecule has 2 heterocycles. The molecule has 8 nitrogen and oxygen atoms in total. The van der Waals surface area contributed by atoms with E-state index in [1.54, 1.807) is 24.6 Å². The predicted molar refractivity (Wildman–Crippen MR) is 157 cm³/mol. The van der Waals surface area contributed by atoms with Gasteiger partial charge in [-0.15, -0.1) is 0 Å². The van der Waals surface area contributed by atoms with E-state index in [4.69, 9.17) is 46.4 Å². The number of hydrogen-bond acceptors (Lipinski definition) is 6. The van der Waals surface area contributed by atoms with E-state index in [1.165, 1.54) is 36.7 Å². The molecule has 2 amide bonds. The van der Waals surface area contributed by atoms with Gasteiger partial charge in [0, 0.05) is 69.5 Å². The average molecular weight is 620 g/mol. The van der Waals surface area contributed by atoms with Gasteiger partial charge in [0.25, 0.3) is 11.8 Å². The summed E-state index contributed by atoms with van der Waals surface area (Å²) in [5.41, 5.74) is 3.56. The Labute approximate surface area is 250 Å². The van der Waals surface area contributed by atoms with Crippen molar-refractivity contribution < 1.29 is 19.2 Å². The van der Waals surface area contributed by atoms with Crippen LogP contribution in [0.2, 0.25) is 20.1 Å². The lowest BCUT2D eigenvalue weighted by Crippen LogP contribution is -2.50. The number of amides is 2. The summed E-state index contributed by atoms with van der Waals surface area (Å²) in [7, 11) is 0. The molecule has 12 heteroatoms. The minimum absolute atomic E-state index is 0.0521. The molecular formula is C28H22Cl4N4O4. The zero-order valence-corrected chi connectivity index (χ0v) is 23.9. The van der Waals surface area contributed by atoms with Crippen LogP contribution in [0.1, 0.15) is 46.4 Å². The Kier molecular flexibility index (Phi) is 9.92. The van der Waals surface area contributed by atoms with Crippen LogP contribution in [0.5, 0.6) is 0 Å². The standard InChI is InChI=1S/C28H22Cl4N4O4/c29-19-3-5-21(23(31)10-19)25(37)9-16-8-18(14-34-12-16)27(39)35-36(28(40)17-2-1-7-33-13-17)15-26(38)22-6-4-20(30)11-24(22)32/h3-7,10-14,16H,1-2,8-9,15H2,(H,35,39). The number of hydrazine groups is 1. The molecule has 0 saturated carbocycles. The van der Waals surface area contributed by atoms with Crippen LogP contribution in [0, 0.1) is 5.92 Å². The van der Waals surface area contributed by atoms with Gasteiger partial charge in [-0.1, -0.05) is 46.4 Å². The SMILES string of the molecule is O=C(NN(CC(=O)c1ccc(Cl)cc1Cl)C(=O)C1=CN=CCC1)C1=CN=CC(CC(=O)c2ccc(Cl)cc2Cl)C1. The molecular weight excluding hydrogens is 598 g/mol. The summed E-state index contributed by atoms with van der Waals surface area (Å²) >= 11 is 24.2. The Morgan fingerprint density at radius 1 is 0.850 bits per heavy atom. The number of hydrogen-bond donors (Lipinski definition) is 1. The Hall–Kier alpha value is -3.30. The molecule has 206 valence electrons. The largest absolute Gasteiger partial charge is 0.294 e. The number of halogens is 4. The number of aliphatic imine (C=N–C) groups is 2. The number of carbonyl (C=O) groups is 4.